The van der Waals surface area contributed by atoms with Crippen molar-refractivity contribution in [1.82, 2.24) is 0 Å². The average molecular weight is 290 g/mol. The van der Waals surface area contributed by atoms with Gasteiger partial charge in [-0.1, -0.05) is 68.9 Å². The van der Waals surface area contributed by atoms with Crippen molar-refractivity contribution < 1.29 is 9.53 Å². The lowest BCUT2D eigenvalue weighted by molar-refractivity contribution is 0.0512. The minimum Gasteiger partial charge on any atom is -0.462 e. The van der Waals surface area contributed by atoms with Crippen molar-refractivity contribution in [2.75, 3.05) is 6.61 Å². The summed E-state index contributed by atoms with van der Waals surface area (Å²) < 4.78 is 5.27. The zero-order valence-corrected chi connectivity index (χ0v) is 13.9. The smallest absolute Gasteiger partial charge is 0.338 e. The zero-order valence-electron chi connectivity index (χ0n) is 12.9. The third kappa shape index (κ3) is 4.97. The molecule has 0 aliphatic heterocycles. The SMILES string of the molecule is CC[Si](/C=C\CCOC(=O)c1ccccc1)(CC)CC. The molecule has 0 spiro atoms. The molecule has 0 aromatic heterocycles. The molecule has 0 bridgehead atoms. The van der Waals surface area contributed by atoms with Crippen molar-refractivity contribution in [3.63, 3.8) is 0 Å². The van der Waals surface area contributed by atoms with Crippen molar-refractivity contribution in [3.05, 3.63) is 47.7 Å². The van der Waals surface area contributed by atoms with E-state index in [9.17, 15) is 4.79 Å². The van der Waals surface area contributed by atoms with E-state index in [1.165, 1.54) is 18.1 Å². The van der Waals surface area contributed by atoms with Crippen LogP contribution in [-0.2, 0) is 4.74 Å². The highest BCUT2D eigenvalue weighted by Gasteiger charge is 2.22. The van der Waals surface area contributed by atoms with Crippen LogP contribution in [0.15, 0.2) is 42.1 Å². The van der Waals surface area contributed by atoms with Crippen molar-refractivity contribution in [3.8, 4) is 0 Å². The predicted molar refractivity (Wildman–Crippen MR) is 87.7 cm³/mol. The molecule has 0 saturated heterocycles. The molecule has 0 N–H and O–H groups in total. The minimum absolute atomic E-state index is 0.232. The summed E-state index contributed by atoms with van der Waals surface area (Å²) in [7, 11) is -1.18. The van der Waals surface area contributed by atoms with Gasteiger partial charge in [-0.15, -0.1) is 0 Å². The van der Waals surface area contributed by atoms with E-state index in [0.29, 0.717) is 12.2 Å². The summed E-state index contributed by atoms with van der Waals surface area (Å²) in [6, 6.07) is 13.0. The molecular formula is C17H26O2Si. The van der Waals surface area contributed by atoms with Gasteiger partial charge in [-0.2, -0.15) is 0 Å². The molecule has 0 heterocycles. The van der Waals surface area contributed by atoms with E-state index in [-0.39, 0.29) is 5.97 Å². The number of esters is 1. The maximum Gasteiger partial charge on any atom is 0.338 e. The van der Waals surface area contributed by atoms with Gasteiger partial charge in [-0.05, 0) is 18.6 Å². The van der Waals surface area contributed by atoms with Crippen molar-refractivity contribution >= 4 is 14.0 Å². The van der Waals surface area contributed by atoms with Crippen LogP contribution in [0.25, 0.3) is 0 Å². The lowest BCUT2D eigenvalue weighted by atomic mass is 10.2. The van der Waals surface area contributed by atoms with E-state index >= 15 is 0 Å². The second-order valence-electron chi connectivity index (χ2n) is 5.12. The Hall–Kier alpha value is -1.35. The van der Waals surface area contributed by atoms with Crippen LogP contribution < -0.4 is 0 Å². The van der Waals surface area contributed by atoms with Gasteiger partial charge in [0.1, 0.15) is 0 Å². The Morgan fingerprint density at radius 2 is 1.70 bits per heavy atom. The molecule has 110 valence electrons. The maximum atomic E-state index is 11.7. The van der Waals surface area contributed by atoms with Gasteiger partial charge >= 0.3 is 5.97 Å². The zero-order chi connectivity index (χ0) is 14.8. The lowest BCUT2D eigenvalue weighted by Crippen LogP contribution is -2.28. The molecule has 0 aliphatic carbocycles. The summed E-state index contributed by atoms with van der Waals surface area (Å²) in [6.45, 7) is 7.34. The number of ether oxygens (including phenoxy) is 1. The van der Waals surface area contributed by atoms with Crippen LogP contribution in [0.2, 0.25) is 18.1 Å². The molecule has 0 radical (unpaired) electrons. The van der Waals surface area contributed by atoms with E-state index in [2.05, 4.69) is 32.5 Å². The van der Waals surface area contributed by atoms with Gasteiger partial charge in [0.25, 0.3) is 0 Å². The second-order valence-corrected chi connectivity index (χ2v) is 10.3. The van der Waals surface area contributed by atoms with Gasteiger partial charge in [0.05, 0.1) is 20.2 Å². The number of carbonyl (C=O) groups is 1. The Balaban J connectivity index is 2.36. The molecule has 0 aliphatic rings. The Kier molecular flexibility index (Phi) is 7.30. The molecule has 0 atom stereocenters. The van der Waals surface area contributed by atoms with Gasteiger partial charge in [0.2, 0.25) is 0 Å². The third-order valence-corrected chi connectivity index (χ3v) is 9.28. The molecule has 0 unspecified atom stereocenters. The van der Waals surface area contributed by atoms with Crippen LogP contribution in [0.5, 0.6) is 0 Å². The molecule has 0 amide bonds. The van der Waals surface area contributed by atoms with Gasteiger partial charge in [-0.25, -0.2) is 4.79 Å². The van der Waals surface area contributed by atoms with Crippen molar-refractivity contribution in [2.45, 2.75) is 45.3 Å². The second kappa shape index (κ2) is 8.75. The fourth-order valence-electron chi connectivity index (χ4n) is 2.31. The van der Waals surface area contributed by atoms with Crippen molar-refractivity contribution in [1.29, 1.82) is 0 Å². The van der Waals surface area contributed by atoms with E-state index in [0.717, 1.165) is 6.42 Å². The first kappa shape index (κ1) is 16.7. The highest BCUT2D eigenvalue weighted by molar-refractivity contribution is 6.84. The quantitative estimate of drug-likeness (QED) is 0.389. The molecule has 3 heteroatoms. The largest absolute Gasteiger partial charge is 0.462 e. The average Bonchev–Trinajstić information content (AvgIpc) is 2.52. The van der Waals surface area contributed by atoms with Crippen LogP contribution in [0, 0.1) is 0 Å². The Labute approximate surface area is 123 Å². The number of carbonyl (C=O) groups excluding carboxylic acids is 1. The molecule has 1 aromatic rings. The molecule has 0 saturated carbocycles. The Morgan fingerprint density at radius 3 is 2.25 bits per heavy atom. The van der Waals surface area contributed by atoms with E-state index < -0.39 is 8.07 Å². The number of hydrogen-bond acceptors (Lipinski definition) is 2. The van der Waals surface area contributed by atoms with Gasteiger partial charge in [0, 0.05) is 0 Å². The first-order chi connectivity index (χ1) is 9.67. The van der Waals surface area contributed by atoms with Crippen LogP contribution in [0.4, 0.5) is 0 Å². The molecular weight excluding hydrogens is 264 g/mol. The minimum atomic E-state index is -1.18. The van der Waals surface area contributed by atoms with Crippen molar-refractivity contribution in [2.24, 2.45) is 0 Å². The fraction of sp³-hybridized carbons (Fsp3) is 0.471. The molecule has 1 aromatic carbocycles. The molecule has 1 rings (SSSR count). The summed E-state index contributed by atoms with van der Waals surface area (Å²) in [5.41, 5.74) is 3.06. The van der Waals surface area contributed by atoms with E-state index in [1.807, 2.05) is 18.2 Å². The Bertz CT molecular complexity index is 414. The normalized spacial score (nSPS) is 11.8. The Morgan fingerprint density at radius 1 is 1.10 bits per heavy atom. The summed E-state index contributed by atoms with van der Waals surface area (Å²) in [5, 5.41) is 0. The van der Waals surface area contributed by atoms with Crippen LogP contribution >= 0.6 is 0 Å². The van der Waals surface area contributed by atoms with Gasteiger partial charge < -0.3 is 4.74 Å². The predicted octanol–water partition coefficient (Wildman–Crippen LogP) is 4.84. The lowest BCUT2D eigenvalue weighted by Gasteiger charge is -2.23. The maximum absolute atomic E-state index is 11.7. The molecule has 20 heavy (non-hydrogen) atoms. The summed E-state index contributed by atoms with van der Waals surface area (Å²) in [5.74, 6) is -0.232. The fourth-order valence-corrected chi connectivity index (χ4v) is 5.19. The first-order valence-electron chi connectivity index (χ1n) is 7.57. The highest BCUT2D eigenvalue weighted by atomic mass is 28.3. The van der Waals surface area contributed by atoms with Crippen LogP contribution in [0.3, 0.4) is 0 Å². The topological polar surface area (TPSA) is 26.3 Å². The van der Waals surface area contributed by atoms with Crippen LogP contribution in [0.1, 0.15) is 37.6 Å². The van der Waals surface area contributed by atoms with Gasteiger partial charge in [-0.3, -0.25) is 0 Å². The first-order valence-corrected chi connectivity index (χ1v) is 10.3. The third-order valence-electron chi connectivity index (χ3n) is 4.11. The van der Waals surface area contributed by atoms with E-state index in [1.54, 1.807) is 12.1 Å². The summed E-state index contributed by atoms with van der Waals surface area (Å²) in [6.07, 6.45) is 3.02. The number of rotatable bonds is 8. The van der Waals surface area contributed by atoms with E-state index in [4.69, 9.17) is 4.74 Å². The number of hydrogen-bond donors (Lipinski definition) is 0. The summed E-state index contributed by atoms with van der Waals surface area (Å²) >= 11 is 0. The molecule has 0 fully saturated rings. The van der Waals surface area contributed by atoms with Gasteiger partial charge in [0.15, 0.2) is 0 Å². The standard InChI is InChI=1S/C17H26O2Si/c1-4-20(5-2,6-3)15-11-10-14-19-17(18)16-12-8-7-9-13-16/h7-9,11-13,15H,4-6,10,14H2,1-3H3/b15-11-. The highest BCUT2D eigenvalue weighted by Crippen LogP contribution is 2.21. The van der Waals surface area contributed by atoms with Crippen LogP contribution in [-0.4, -0.2) is 20.7 Å². The number of benzene rings is 1. The summed E-state index contributed by atoms with van der Waals surface area (Å²) in [4.78, 5) is 11.7. The monoisotopic (exact) mass is 290 g/mol. The molecule has 2 nitrogen and oxygen atoms in total.